The van der Waals surface area contributed by atoms with Crippen LogP contribution in [0.25, 0.3) is 0 Å². The molecule has 0 aromatic heterocycles. The number of carbonyl (C=O) groups is 1. The third-order valence-electron chi connectivity index (χ3n) is 4.91. The van der Waals surface area contributed by atoms with Crippen LogP contribution in [0.5, 0.6) is 0 Å². The van der Waals surface area contributed by atoms with E-state index in [1.54, 1.807) is 6.07 Å². The average molecular weight is 343 g/mol. The summed E-state index contributed by atoms with van der Waals surface area (Å²) >= 11 is 0. The molecule has 5 nitrogen and oxygen atoms in total. The Balaban J connectivity index is 1.65. The highest BCUT2D eigenvalue weighted by molar-refractivity contribution is 5.77. The number of halogens is 1. The topological polar surface area (TPSA) is 63.0 Å². The summed E-state index contributed by atoms with van der Waals surface area (Å²) in [5.41, 5.74) is -0.265. The summed E-state index contributed by atoms with van der Waals surface area (Å²) in [5.74, 6) is 2.20. The van der Waals surface area contributed by atoms with Crippen molar-refractivity contribution in [1.29, 1.82) is 0 Å². The van der Waals surface area contributed by atoms with Crippen molar-refractivity contribution in [2.24, 2.45) is 10.2 Å². The van der Waals surface area contributed by atoms with E-state index in [0.29, 0.717) is 51.7 Å². The first-order valence-electron chi connectivity index (χ1n) is 8.60. The number of amides is 1. The zero-order chi connectivity index (χ0) is 17.8. The fourth-order valence-corrected chi connectivity index (χ4v) is 3.30. The number of hydrogen-bond donors (Lipinski definition) is 1. The number of ether oxygens (including phenoxy) is 1. The predicted octanol–water partition coefficient (Wildman–Crippen LogP) is 3.30. The molecule has 1 fully saturated rings. The average Bonchev–Trinajstić information content (AvgIpc) is 3.39. The number of terminal acetylenes is 1. The molecule has 1 aromatic carbocycles. The Morgan fingerprint density at radius 1 is 1.32 bits per heavy atom. The summed E-state index contributed by atoms with van der Waals surface area (Å²) in [7, 11) is 0. The van der Waals surface area contributed by atoms with E-state index in [2.05, 4.69) is 21.5 Å². The molecule has 132 valence electrons. The van der Waals surface area contributed by atoms with Gasteiger partial charge in [-0.05, 0) is 30.5 Å². The van der Waals surface area contributed by atoms with E-state index in [9.17, 15) is 9.18 Å². The van der Waals surface area contributed by atoms with Crippen molar-refractivity contribution < 1.29 is 13.9 Å². The summed E-state index contributed by atoms with van der Waals surface area (Å²) < 4.78 is 19.1. The molecule has 0 atom stereocenters. The van der Waals surface area contributed by atoms with Crippen LogP contribution >= 0.6 is 0 Å². The van der Waals surface area contributed by atoms with Gasteiger partial charge in [-0.15, -0.1) is 12.3 Å². The van der Waals surface area contributed by atoms with Crippen molar-refractivity contribution in [1.82, 2.24) is 5.32 Å². The van der Waals surface area contributed by atoms with Crippen LogP contribution in [0.3, 0.4) is 0 Å². The molecule has 1 aromatic rings. The first-order chi connectivity index (χ1) is 12.1. The lowest BCUT2D eigenvalue weighted by Crippen LogP contribution is -2.49. The van der Waals surface area contributed by atoms with Gasteiger partial charge in [-0.3, -0.25) is 4.79 Å². The molecule has 2 heterocycles. The molecule has 0 aliphatic carbocycles. The third kappa shape index (κ3) is 4.23. The largest absolute Gasteiger partial charge is 0.381 e. The number of nitrogens with zero attached hydrogens (tertiary/aromatic N) is 2. The minimum atomic E-state index is -0.582. The second kappa shape index (κ2) is 7.32. The van der Waals surface area contributed by atoms with Crippen LogP contribution in [-0.2, 0) is 15.1 Å². The van der Waals surface area contributed by atoms with Crippen LogP contribution in [0.15, 0.2) is 34.5 Å². The zero-order valence-corrected chi connectivity index (χ0v) is 14.1. The summed E-state index contributed by atoms with van der Waals surface area (Å²) in [6.07, 6.45) is 8.67. The lowest BCUT2D eigenvalue weighted by atomic mass is 9.82. The maximum absolute atomic E-state index is 13.7. The normalized spacial score (nSPS) is 19.8. The van der Waals surface area contributed by atoms with Gasteiger partial charge in [0, 0.05) is 38.9 Å². The number of nitrogens with one attached hydrogen (secondary N) is 1. The molecule has 0 bridgehead atoms. The molecule has 2 aliphatic rings. The van der Waals surface area contributed by atoms with E-state index in [4.69, 9.17) is 11.2 Å². The lowest BCUT2D eigenvalue weighted by Gasteiger charge is -2.38. The molecular formula is C19H22FN3O2. The van der Waals surface area contributed by atoms with Crippen LogP contribution in [0, 0.1) is 18.2 Å². The fraction of sp³-hybridized carbons (Fsp3) is 0.526. The number of carbonyl (C=O) groups excluding carboxylic acids is 1. The monoisotopic (exact) mass is 343 g/mol. The number of hydrogen-bond acceptors (Lipinski definition) is 4. The van der Waals surface area contributed by atoms with E-state index >= 15 is 0 Å². The highest BCUT2D eigenvalue weighted by Crippen LogP contribution is 2.38. The van der Waals surface area contributed by atoms with Gasteiger partial charge < -0.3 is 10.1 Å². The van der Waals surface area contributed by atoms with Gasteiger partial charge in [0.15, 0.2) is 5.66 Å². The van der Waals surface area contributed by atoms with Gasteiger partial charge in [0.05, 0.1) is 5.54 Å². The minimum absolute atomic E-state index is 0.0801. The van der Waals surface area contributed by atoms with Crippen molar-refractivity contribution in [3.63, 3.8) is 0 Å². The van der Waals surface area contributed by atoms with Crippen LogP contribution in [-0.4, -0.2) is 24.8 Å². The SMILES string of the molecule is C#CCCC1(CCC(=O)NC2(c3cccc(F)c3)CCOCC2)N=N1. The third-order valence-corrected chi connectivity index (χ3v) is 4.91. The van der Waals surface area contributed by atoms with E-state index in [0.717, 1.165) is 5.56 Å². The second-order valence-corrected chi connectivity index (χ2v) is 6.64. The standard InChI is InChI=1S/C19H22FN3O2/c1-2-3-8-19(22-23-19)9-7-17(24)21-18(10-12-25-13-11-18)15-5-4-6-16(20)14-15/h1,4-6,14H,3,7-13H2,(H,21,24). The first kappa shape index (κ1) is 17.6. The summed E-state index contributed by atoms with van der Waals surface area (Å²) in [6.45, 7) is 1.07. The number of rotatable bonds is 7. The molecule has 6 heteroatoms. The van der Waals surface area contributed by atoms with E-state index in [1.165, 1.54) is 12.1 Å². The van der Waals surface area contributed by atoms with Crippen LogP contribution in [0.1, 0.15) is 44.1 Å². The Morgan fingerprint density at radius 3 is 2.72 bits per heavy atom. The van der Waals surface area contributed by atoms with Crippen LogP contribution in [0.4, 0.5) is 4.39 Å². The Bertz CT molecular complexity index is 699. The van der Waals surface area contributed by atoms with Gasteiger partial charge in [0.1, 0.15) is 5.82 Å². The van der Waals surface area contributed by atoms with Crippen LogP contribution in [0.2, 0.25) is 0 Å². The Kier molecular flexibility index (Phi) is 5.14. The fourth-order valence-electron chi connectivity index (χ4n) is 3.30. The van der Waals surface area contributed by atoms with Gasteiger partial charge in [-0.1, -0.05) is 12.1 Å². The molecular weight excluding hydrogens is 321 g/mol. The maximum Gasteiger partial charge on any atom is 0.220 e. The number of benzene rings is 1. The van der Waals surface area contributed by atoms with Gasteiger partial charge in [-0.25, -0.2) is 4.39 Å². The van der Waals surface area contributed by atoms with Crippen molar-refractivity contribution in [2.75, 3.05) is 13.2 Å². The molecule has 0 spiro atoms. The molecule has 3 rings (SSSR count). The quantitative estimate of drug-likeness (QED) is 0.772. The highest BCUT2D eigenvalue weighted by atomic mass is 19.1. The van der Waals surface area contributed by atoms with Gasteiger partial charge in [0.25, 0.3) is 0 Å². The molecule has 1 N–H and O–H groups in total. The zero-order valence-electron chi connectivity index (χ0n) is 14.1. The van der Waals surface area contributed by atoms with Crippen molar-refractivity contribution in [3.05, 3.63) is 35.6 Å². The molecule has 1 amide bonds. The molecule has 25 heavy (non-hydrogen) atoms. The molecule has 0 saturated carbocycles. The minimum Gasteiger partial charge on any atom is -0.381 e. The maximum atomic E-state index is 13.7. The summed E-state index contributed by atoms with van der Waals surface area (Å²) in [6, 6.07) is 6.43. The van der Waals surface area contributed by atoms with Gasteiger partial charge >= 0.3 is 0 Å². The van der Waals surface area contributed by atoms with E-state index < -0.39 is 11.2 Å². The molecule has 0 unspecified atom stereocenters. The predicted molar refractivity (Wildman–Crippen MR) is 91.2 cm³/mol. The Hall–Kier alpha value is -2.26. The Labute approximate surface area is 147 Å². The lowest BCUT2D eigenvalue weighted by molar-refractivity contribution is -0.124. The smallest absolute Gasteiger partial charge is 0.220 e. The van der Waals surface area contributed by atoms with Crippen molar-refractivity contribution in [3.8, 4) is 12.3 Å². The molecule has 0 radical (unpaired) electrons. The van der Waals surface area contributed by atoms with Gasteiger partial charge in [0.2, 0.25) is 5.91 Å². The second-order valence-electron chi connectivity index (χ2n) is 6.64. The molecule has 1 saturated heterocycles. The Morgan fingerprint density at radius 2 is 2.08 bits per heavy atom. The summed E-state index contributed by atoms with van der Waals surface area (Å²) in [4.78, 5) is 12.6. The van der Waals surface area contributed by atoms with Crippen molar-refractivity contribution >= 4 is 5.91 Å². The molecule has 2 aliphatic heterocycles. The summed E-state index contributed by atoms with van der Waals surface area (Å²) in [5, 5.41) is 11.2. The van der Waals surface area contributed by atoms with Crippen LogP contribution < -0.4 is 5.32 Å². The highest BCUT2D eigenvalue weighted by Gasteiger charge is 2.41. The van der Waals surface area contributed by atoms with Gasteiger partial charge in [-0.2, -0.15) is 10.2 Å². The van der Waals surface area contributed by atoms with Crippen molar-refractivity contribution in [2.45, 2.75) is 49.7 Å². The first-order valence-corrected chi connectivity index (χ1v) is 8.60. The van der Waals surface area contributed by atoms with E-state index in [-0.39, 0.29) is 11.7 Å². The van der Waals surface area contributed by atoms with E-state index in [1.807, 2.05) is 6.07 Å².